The molecule has 0 aliphatic heterocycles. The molecular formula is C19H27IN4O. The highest BCUT2D eigenvalue weighted by molar-refractivity contribution is 14.0. The SMILES string of the molecule is COc1ccc(C(CN=C(N)Nc2cccc(C)c2)N(C)C)cc1.I. The zero-order valence-corrected chi connectivity index (χ0v) is 17.5. The molecule has 0 fully saturated rings. The molecule has 2 rings (SSSR count). The standard InChI is InChI=1S/C19H26N4O.HI/c1-14-6-5-7-16(12-14)22-19(20)21-13-18(23(2)3)15-8-10-17(24-4)11-9-15;/h5-12,18H,13H2,1-4H3,(H3,20,21,22);1H. The Balaban J connectivity index is 0.00000312. The lowest BCUT2D eigenvalue weighted by Gasteiger charge is -2.23. The summed E-state index contributed by atoms with van der Waals surface area (Å²) < 4.78 is 5.21. The lowest BCUT2D eigenvalue weighted by Crippen LogP contribution is -2.27. The first kappa shape index (κ1) is 21.2. The second kappa shape index (κ2) is 10.2. The van der Waals surface area contributed by atoms with E-state index in [2.05, 4.69) is 27.3 Å². The maximum absolute atomic E-state index is 6.03. The number of hydrogen-bond donors (Lipinski definition) is 2. The number of halogens is 1. The van der Waals surface area contributed by atoms with Gasteiger partial charge in [0.2, 0.25) is 0 Å². The number of nitrogens with one attached hydrogen (secondary N) is 1. The molecule has 0 aliphatic rings. The number of hydrogen-bond acceptors (Lipinski definition) is 3. The van der Waals surface area contributed by atoms with Gasteiger partial charge in [-0.2, -0.15) is 0 Å². The monoisotopic (exact) mass is 454 g/mol. The Morgan fingerprint density at radius 3 is 2.44 bits per heavy atom. The summed E-state index contributed by atoms with van der Waals surface area (Å²) in [5.41, 5.74) is 9.33. The van der Waals surface area contributed by atoms with Crippen molar-refractivity contribution in [1.82, 2.24) is 4.90 Å². The molecule has 2 aromatic carbocycles. The van der Waals surface area contributed by atoms with Crippen LogP contribution in [0, 0.1) is 6.92 Å². The number of aliphatic imine (C=N–C) groups is 1. The molecule has 0 aliphatic carbocycles. The van der Waals surface area contributed by atoms with E-state index in [9.17, 15) is 0 Å². The maximum atomic E-state index is 6.03. The molecule has 3 N–H and O–H groups in total. The van der Waals surface area contributed by atoms with Crippen molar-refractivity contribution >= 4 is 35.6 Å². The molecule has 6 heteroatoms. The van der Waals surface area contributed by atoms with Crippen LogP contribution >= 0.6 is 24.0 Å². The van der Waals surface area contributed by atoms with Crippen molar-refractivity contribution in [1.29, 1.82) is 0 Å². The molecule has 1 atom stereocenters. The van der Waals surface area contributed by atoms with Crippen LogP contribution < -0.4 is 15.8 Å². The Labute approximate surface area is 167 Å². The molecule has 1 unspecified atom stereocenters. The minimum absolute atomic E-state index is 0. The van der Waals surface area contributed by atoms with Crippen LogP contribution in [0.5, 0.6) is 5.75 Å². The normalized spacial score (nSPS) is 12.4. The lowest BCUT2D eigenvalue weighted by atomic mass is 10.1. The van der Waals surface area contributed by atoms with Gasteiger partial charge in [-0.3, -0.25) is 4.99 Å². The Kier molecular flexibility index (Phi) is 8.71. The number of anilines is 1. The van der Waals surface area contributed by atoms with Gasteiger partial charge in [0, 0.05) is 5.69 Å². The first-order valence-electron chi connectivity index (χ1n) is 7.93. The molecule has 0 radical (unpaired) electrons. The van der Waals surface area contributed by atoms with Gasteiger partial charge in [-0.1, -0.05) is 24.3 Å². The highest BCUT2D eigenvalue weighted by atomic mass is 127. The number of guanidine groups is 1. The van der Waals surface area contributed by atoms with E-state index in [1.807, 2.05) is 57.4 Å². The molecule has 2 aromatic rings. The van der Waals surface area contributed by atoms with E-state index in [0.717, 1.165) is 11.4 Å². The fourth-order valence-corrected chi connectivity index (χ4v) is 2.49. The number of rotatable bonds is 6. The first-order chi connectivity index (χ1) is 11.5. The van der Waals surface area contributed by atoms with Gasteiger partial charge in [0.25, 0.3) is 0 Å². The number of ether oxygens (including phenoxy) is 1. The van der Waals surface area contributed by atoms with Crippen molar-refractivity contribution < 1.29 is 4.74 Å². The molecule has 0 spiro atoms. The van der Waals surface area contributed by atoms with Crippen molar-refractivity contribution in [3.8, 4) is 5.75 Å². The van der Waals surface area contributed by atoms with E-state index in [4.69, 9.17) is 10.5 Å². The van der Waals surface area contributed by atoms with Gasteiger partial charge in [0.1, 0.15) is 5.75 Å². The van der Waals surface area contributed by atoms with Crippen LogP contribution in [0.25, 0.3) is 0 Å². The third-order valence-electron chi connectivity index (χ3n) is 3.85. The molecule has 0 amide bonds. The van der Waals surface area contributed by atoms with Crippen molar-refractivity contribution in [3.63, 3.8) is 0 Å². The minimum atomic E-state index is 0. The zero-order chi connectivity index (χ0) is 17.5. The number of nitrogens with zero attached hydrogens (tertiary/aromatic N) is 2. The number of likely N-dealkylation sites (N-methyl/N-ethyl adjacent to an activating group) is 1. The number of benzene rings is 2. The van der Waals surface area contributed by atoms with Crippen LogP contribution in [0.3, 0.4) is 0 Å². The summed E-state index contributed by atoms with van der Waals surface area (Å²) in [5, 5.41) is 3.14. The Morgan fingerprint density at radius 1 is 1.20 bits per heavy atom. The van der Waals surface area contributed by atoms with Crippen molar-refractivity contribution in [2.45, 2.75) is 13.0 Å². The average molecular weight is 454 g/mol. The van der Waals surface area contributed by atoms with Crippen LogP contribution in [-0.2, 0) is 0 Å². The van der Waals surface area contributed by atoms with E-state index in [-0.39, 0.29) is 30.0 Å². The fourth-order valence-electron chi connectivity index (χ4n) is 2.49. The molecule has 25 heavy (non-hydrogen) atoms. The van der Waals surface area contributed by atoms with Crippen LogP contribution in [-0.4, -0.2) is 38.6 Å². The summed E-state index contributed by atoms with van der Waals surface area (Å²) in [7, 11) is 5.74. The van der Waals surface area contributed by atoms with Crippen molar-refractivity contribution in [2.75, 3.05) is 33.1 Å². The van der Waals surface area contributed by atoms with Crippen molar-refractivity contribution in [2.24, 2.45) is 10.7 Å². The Hall–Kier alpha value is -1.80. The molecule has 136 valence electrons. The van der Waals surface area contributed by atoms with Gasteiger partial charge in [-0.05, 0) is 56.4 Å². The summed E-state index contributed by atoms with van der Waals surface area (Å²) in [5.74, 6) is 1.27. The van der Waals surface area contributed by atoms with Gasteiger partial charge in [-0.15, -0.1) is 24.0 Å². The summed E-state index contributed by atoms with van der Waals surface area (Å²) in [6.45, 7) is 2.62. The van der Waals surface area contributed by atoms with E-state index < -0.39 is 0 Å². The zero-order valence-electron chi connectivity index (χ0n) is 15.2. The molecule has 0 bridgehead atoms. The van der Waals surface area contributed by atoms with Gasteiger partial charge in [0.15, 0.2) is 5.96 Å². The van der Waals surface area contributed by atoms with E-state index in [1.54, 1.807) is 7.11 Å². The second-order valence-corrected chi connectivity index (χ2v) is 5.97. The molecule has 0 saturated heterocycles. The highest BCUT2D eigenvalue weighted by Gasteiger charge is 2.14. The molecule has 5 nitrogen and oxygen atoms in total. The fraction of sp³-hybridized carbons (Fsp3) is 0.316. The quantitative estimate of drug-likeness (QED) is 0.398. The summed E-state index contributed by atoms with van der Waals surface area (Å²) >= 11 is 0. The topological polar surface area (TPSA) is 62.9 Å². The molecule has 0 aromatic heterocycles. The Morgan fingerprint density at radius 2 is 1.88 bits per heavy atom. The molecular weight excluding hydrogens is 427 g/mol. The summed E-state index contributed by atoms with van der Waals surface area (Å²) in [6, 6.07) is 16.2. The van der Waals surface area contributed by atoms with E-state index >= 15 is 0 Å². The third kappa shape index (κ3) is 6.55. The predicted octanol–water partition coefficient (Wildman–Crippen LogP) is 3.65. The van der Waals surface area contributed by atoms with Gasteiger partial charge < -0.3 is 20.7 Å². The van der Waals surface area contributed by atoms with Gasteiger partial charge in [0.05, 0.1) is 19.7 Å². The largest absolute Gasteiger partial charge is 0.497 e. The number of nitrogens with two attached hydrogens (primary N) is 1. The van der Waals surface area contributed by atoms with Crippen LogP contribution in [0.4, 0.5) is 5.69 Å². The van der Waals surface area contributed by atoms with E-state index in [1.165, 1.54) is 11.1 Å². The average Bonchev–Trinajstić information content (AvgIpc) is 2.55. The van der Waals surface area contributed by atoms with Crippen LogP contribution in [0.15, 0.2) is 53.5 Å². The van der Waals surface area contributed by atoms with Crippen molar-refractivity contribution in [3.05, 3.63) is 59.7 Å². The number of methoxy groups -OCH3 is 1. The van der Waals surface area contributed by atoms with Crippen LogP contribution in [0.1, 0.15) is 17.2 Å². The lowest BCUT2D eigenvalue weighted by molar-refractivity contribution is 0.306. The summed E-state index contributed by atoms with van der Waals surface area (Å²) in [6.07, 6.45) is 0. The molecule has 0 heterocycles. The summed E-state index contributed by atoms with van der Waals surface area (Å²) in [4.78, 5) is 6.63. The van der Waals surface area contributed by atoms with Gasteiger partial charge >= 0.3 is 0 Å². The van der Waals surface area contributed by atoms with Gasteiger partial charge in [-0.25, -0.2) is 0 Å². The number of aryl methyl sites for hydroxylation is 1. The minimum Gasteiger partial charge on any atom is -0.497 e. The van der Waals surface area contributed by atoms with E-state index in [0.29, 0.717) is 12.5 Å². The third-order valence-corrected chi connectivity index (χ3v) is 3.85. The molecule has 0 saturated carbocycles. The smallest absolute Gasteiger partial charge is 0.193 e. The predicted molar refractivity (Wildman–Crippen MR) is 116 cm³/mol. The second-order valence-electron chi connectivity index (χ2n) is 5.97. The first-order valence-corrected chi connectivity index (χ1v) is 7.93. The highest BCUT2D eigenvalue weighted by Crippen LogP contribution is 2.21. The van der Waals surface area contributed by atoms with Crippen LogP contribution in [0.2, 0.25) is 0 Å². The maximum Gasteiger partial charge on any atom is 0.193 e. The Bertz CT molecular complexity index is 686.